The number of rotatable bonds is 10. The average molecular weight is 701 g/mol. The first-order chi connectivity index (χ1) is 22.1. The molecule has 0 heterocycles. The van der Waals surface area contributed by atoms with Gasteiger partial charge in [0.25, 0.3) is 0 Å². The normalized spacial score (nSPS) is 17.2. The second-order valence-corrected chi connectivity index (χ2v) is 24.9. The maximum Gasteiger partial charge on any atom is 0.341 e. The summed E-state index contributed by atoms with van der Waals surface area (Å²) in [5.74, 6) is -2.01. The molecule has 0 amide bonds. The Kier molecular flexibility index (Phi) is 12.0. The molecule has 0 atom stereocenters. The predicted octanol–water partition coefficient (Wildman–Crippen LogP) is 8.35. The van der Waals surface area contributed by atoms with Gasteiger partial charge in [0, 0.05) is 0 Å². The summed E-state index contributed by atoms with van der Waals surface area (Å²) in [5.41, 5.74) is 0.197. The molecule has 48 heavy (non-hydrogen) atoms. The highest BCUT2D eigenvalue weighted by molar-refractivity contribution is 6.75. The minimum absolute atomic E-state index is 0.0529. The van der Waals surface area contributed by atoms with E-state index in [4.69, 9.17) is 27.8 Å². The number of carbonyl (C=O) groups excluding carboxylic acids is 4. The van der Waals surface area contributed by atoms with Gasteiger partial charge in [0.05, 0.1) is 26.1 Å². The zero-order valence-electron chi connectivity index (χ0n) is 30.5. The summed E-state index contributed by atoms with van der Waals surface area (Å²) in [6.45, 7) is 21.1. The van der Waals surface area contributed by atoms with E-state index in [0.29, 0.717) is 37.2 Å². The molecule has 2 aromatic rings. The second-order valence-electron chi connectivity index (χ2n) is 15.4. The molecule has 1 fully saturated rings. The first kappa shape index (κ1) is 38.8. The van der Waals surface area contributed by atoms with E-state index in [-0.39, 0.29) is 32.7 Å². The Morgan fingerprint density at radius 3 is 1.17 bits per heavy atom. The molecule has 0 spiro atoms. The van der Waals surface area contributed by atoms with Crippen LogP contribution in [0, 0.1) is 11.8 Å². The summed E-state index contributed by atoms with van der Waals surface area (Å²) in [7, 11) is -1.84. The van der Waals surface area contributed by atoms with Crippen molar-refractivity contribution in [2.24, 2.45) is 11.8 Å². The largest absolute Gasteiger partial charge is 0.543 e. The third-order valence-corrected chi connectivity index (χ3v) is 18.6. The molecule has 3 rings (SSSR count). The van der Waals surface area contributed by atoms with Crippen molar-refractivity contribution in [1.82, 2.24) is 0 Å². The number of esters is 4. The molecule has 1 saturated carbocycles. The lowest BCUT2D eigenvalue weighted by atomic mass is 9.82. The minimum atomic E-state index is -2.18. The van der Waals surface area contributed by atoms with E-state index in [1.165, 1.54) is 14.2 Å². The van der Waals surface area contributed by atoms with Crippen LogP contribution in [0.1, 0.15) is 87.9 Å². The Balaban J connectivity index is 1.68. The summed E-state index contributed by atoms with van der Waals surface area (Å²) in [6.07, 6.45) is 1.56. The standard InChI is InChI=1S/C36H52O10Si2/c1-35(2,3)47(9,10)45-25-17-19-29(27(21-25)33(39)41-7)43-31(37)23-13-15-24(16-14-23)32(38)44-30-20-18-26(22-28(30)34(40)42-8)46-48(11,12)36(4,5)6/h17-24H,13-16H2,1-12H3. The van der Waals surface area contributed by atoms with Crippen molar-refractivity contribution in [3.8, 4) is 23.0 Å². The summed E-state index contributed by atoms with van der Waals surface area (Å²) >= 11 is 0. The van der Waals surface area contributed by atoms with Crippen molar-refractivity contribution < 1.29 is 47.0 Å². The first-order valence-corrected chi connectivity index (χ1v) is 22.2. The molecular formula is C36H52O10Si2. The van der Waals surface area contributed by atoms with E-state index in [0.717, 1.165) is 0 Å². The smallest absolute Gasteiger partial charge is 0.341 e. The molecule has 0 radical (unpaired) electrons. The van der Waals surface area contributed by atoms with Crippen LogP contribution >= 0.6 is 0 Å². The molecule has 12 heteroatoms. The number of hydrogen-bond donors (Lipinski definition) is 0. The van der Waals surface area contributed by atoms with Crippen LogP contribution < -0.4 is 18.3 Å². The van der Waals surface area contributed by atoms with Gasteiger partial charge in [-0.25, -0.2) is 9.59 Å². The van der Waals surface area contributed by atoms with Gasteiger partial charge in [-0.2, -0.15) is 0 Å². The lowest BCUT2D eigenvalue weighted by molar-refractivity contribution is -0.145. The molecule has 0 aromatic heterocycles. The van der Waals surface area contributed by atoms with Gasteiger partial charge in [-0.3, -0.25) is 9.59 Å². The van der Waals surface area contributed by atoms with Crippen LogP contribution in [0.3, 0.4) is 0 Å². The van der Waals surface area contributed by atoms with E-state index in [1.54, 1.807) is 36.4 Å². The number of benzene rings is 2. The SMILES string of the molecule is COC(=O)c1cc(O[Si](C)(C)C(C)(C)C)ccc1OC(=O)C1CCC(C(=O)Oc2ccc(O[Si](C)(C)C(C)(C)C)cc2C(=O)OC)CC1. The highest BCUT2D eigenvalue weighted by Gasteiger charge is 2.40. The fourth-order valence-electron chi connectivity index (χ4n) is 4.71. The Labute approximate surface area is 287 Å². The summed E-state index contributed by atoms with van der Waals surface area (Å²) in [5, 5.41) is -0.106. The molecule has 2 aromatic carbocycles. The molecule has 10 nitrogen and oxygen atoms in total. The monoisotopic (exact) mass is 700 g/mol. The number of carbonyl (C=O) groups is 4. The van der Waals surface area contributed by atoms with Crippen LogP contribution in [-0.2, 0) is 19.1 Å². The van der Waals surface area contributed by atoms with Gasteiger partial charge >= 0.3 is 23.9 Å². The number of methoxy groups -OCH3 is 2. The fourth-order valence-corrected chi connectivity index (χ4v) is 6.75. The zero-order chi connectivity index (χ0) is 36.2. The summed E-state index contributed by atoms with van der Waals surface area (Å²) in [4.78, 5) is 51.7. The van der Waals surface area contributed by atoms with Gasteiger partial charge in [-0.05, 0) is 98.3 Å². The average Bonchev–Trinajstić information content (AvgIpc) is 3.00. The van der Waals surface area contributed by atoms with Crippen LogP contribution in [-0.4, -0.2) is 54.7 Å². The van der Waals surface area contributed by atoms with Crippen molar-refractivity contribution >= 4 is 40.5 Å². The Hall–Kier alpha value is -3.65. The van der Waals surface area contributed by atoms with E-state index in [9.17, 15) is 19.2 Å². The van der Waals surface area contributed by atoms with Gasteiger partial charge in [-0.15, -0.1) is 0 Å². The summed E-state index contributed by atoms with van der Waals surface area (Å²) in [6, 6.07) is 9.59. The maximum atomic E-state index is 13.2. The van der Waals surface area contributed by atoms with Gasteiger partial charge in [0.1, 0.15) is 34.1 Å². The van der Waals surface area contributed by atoms with E-state index >= 15 is 0 Å². The van der Waals surface area contributed by atoms with Crippen LogP contribution in [0.2, 0.25) is 36.3 Å². The zero-order valence-corrected chi connectivity index (χ0v) is 32.5. The topological polar surface area (TPSA) is 124 Å². The molecule has 264 valence electrons. The highest BCUT2D eigenvalue weighted by Crippen LogP contribution is 2.40. The Morgan fingerprint density at radius 2 is 0.896 bits per heavy atom. The molecule has 0 N–H and O–H groups in total. The van der Waals surface area contributed by atoms with Gasteiger partial charge in [0.2, 0.25) is 16.6 Å². The molecule has 0 bridgehead atoms. The number of ether oxygens (including phenoxy) is 4. The van der Waals surface area contributed by atoms with Gasteiger partial charge in [-0.1, -0.05) is 41.5 Å². The van der Waals surface area contributed by atoms with Gasteiger partial charge < -0.3 is 27.8 Å². The highest BCUT2D eigenvalue weighted by atomic mass is 28.4. The van der Waals surface area contributed by atoms with Crippen molar-refractivity contribution in [1.29, 1.82) is 0 Å². The van der Waals surface area contributed by atoms with Crippen molar-refractivity contribution in [2.75, 3.05) is 14.2 Å². The Bertz CT molecular complexity index is 1400. The third-order valence-electron chi connectivity index (χ3n) is 9.89. The predicted molar refractivity (Wildman–Crippen MR) is 188 cm³/mol. The van der Waals surface area contributed by atoms with Crippen molar-refractivity contribution in [3.05, 3.63) is 47.5 Å². The van der Waals surface area contributed by atoms with Crippen molar-refractivity contribution in [3.63, 3.8) is 0 Å². The quantitative estimate of drug-likeness (QED) is 0.136. The summed E-state index contributed by atoms with van der Waals surface area (Å²) < 4.78 is 34.0. The maximum absolute atomic E-state index is 13.2. The lowest BCUT2D eigenvalue weighted by Crippen LogP contribution is -2.43. The van der Waals surface area contributed by atoms with E-state index < -0.39 is 52.3 Å². The van der Waals surface area contributed by atoms with Crippen LogP contribution in [0.25, 0.3) is 0 Å². The van der Waals surface area contributed by atoms with Gasteiger partial charge in [0.15, 0.2) is 0 Å². The number of hydrogen-bond acceptors (Lipinski definition) is 10. The van der Waals surface area contributed by atoms with Crippen LogP contribution in [0.4, 0.5) is 0 Å². The third kappa shape index (κ3) is 9.28. The first-order valence-electron chi connectivity index (χ1n) is 16.4. The molecule has 0 unspecified atom stereocenters. The molecule has 0 saturated heterocycles. The van der Waals surface area contributed by atoms with Crippen LogP contribution in [0.5, 0.6) is 23.0 Å². The molecule has 0 aliphatic heterocycles. The minimum Gasteiger partial charge on any atom is -0.543 e. The Morgan fingerprint density at radius 1 is 0.583 bits per heavy atom. The second kappa shape index (κ2) is 14.9. The van der Waals surface area contributed by atoms with E-state index in [2.05, 4.69) is 67.7 Å². The fraction of sp³-hybridized carbons (Fsp3) is 0.556. The molecular weight excluding hydrogens is 649 g/mol. The lowest BCUT2D eigenvalue weighted by Gasteiger charge is -2.36. The molecule has 1 aliphatic rings. The van der Waals surface area contributed by atoms with E-state index in [1.807, 2.05) is 0 Å². The molecule has 1 aliphatic carbocycles. The van der Waals surface area contributed by atoms with Crippen molar-refractivity contribution in [2.45, 2.75) is 103 Å². The van der Waals surface area contributed by atoms with Crippen LogP contribution in [0.15, 0.2) is 36.4 Å².